The first-order chi connectivity index (χ1) is 11.9. The summed E-state index contributed by atoms with van der Waals surface area (Å²) in [6.45, 7) is 3.41. The average molecular weight is 366 g/mol. The fraction of sp³-hybridized carbons (Fsp3) is 0.500. The Morgan fingerprint density at radius 3 is 2.48 bits per heavy atom. The van der Waals surface area contributed by atoms with Crippen LogP contribution in [-0.2, 0) is 14.8 Å². The van der Waals surface area contributed by atoms with E-state index in [1.54, 1.807) is 11.0 Å². The lowest BCUT2D eigenvalue weighted by Crippen LogP contribution is -2.50. The first kappa shape index (κ1) is 17.7. The molecule has 8 nitrogen and oxygen atoms in total. The van der Waals surface area contributed by atoms with Gasteiger partial charge in [-0.05, 0) is 24.6 Å². The molecule has 0 atom stereocenters. The second kappa shape index (κ2) is 7.01. The van der Waals surface area contributed by atoms with Gasteiger partial charge in [0.15, 0.2) is 0 Å². The van der Waals surface area contributed by atoms with E-state index >= 15 is 0 Å². The van der Waals surface area contributed by atoms with Gasteiger partial charge in [-0.25, -0.2) is 13.2 Å². The third-order valence-corrected chi connectivity index (χ3v) is 6.36. The molecule has 25 heavy (non-hydrogen) atoms. The Labute approximate surface area is 145 Å². The van der Waals surface area contributed by atoms with Crippen molar-refractivity contribution in [1.82, 2.24) is 19.2 Å². The third kappa shape index (κ3) is 3.62. The largest absolute Gasteiger partial charge is 0.340 e. The highest BCUT2D eigenvalue weighted by atomic mass is 32.2. The van der Waals surface area contributed by atoms with Crippen molar-refractivity contribution in [1.29, 1.82) is 0 Å². The van der Waals surface area contributed by atoms with E-state index in [1.807, 2.05) is 6.92 Å². The number of aromatic amines is 2. The van der Waals surface area contributed by atoms with E-state index in [0.29, 0.717) is 30.5 Å². The number of unbranched alkanes of at least 4 members (excludes halogenated alkanes) is 1. The minimum atomic E-state index is -3.65. The topological polar surface area (TPSA) is 106 Å². The predicted octanol–water partition coefficient (Wildman–Crippen LogP) is 0.879. The van der Waals surface area contributed by atoms with E-state index in [0.717, 1.165) is 12.8 Å². The highest BCUT2D eigenvalue weighted by molar-refractivity contribution is 7.89. The number of nitrogens with one attached hydrogen (secondary N) is 2. The molecule has 1 aliphatic rings. The summed E-state index contributed by atoms with van der Waals surface area (Å²) in [5.74, 6) is 0.0882. The van der Waals surface area contributed by atoms with Crippen LogP contribution in [0.3, 0.4) is 0 Å². The van der Waals surface area contributed by atoms with Crippen molar-refractivity contribution in [2.24, 2.45) is 0 Å². The second-order valence-electron chi connectivity index (χ2n) is 6.17. The summed E-state index contributed by atoms with van der Waals surface area (Å²) in [4.78, 5) is 30.4. The van der Waals surface area contributed by atoms with Gasteiger partial charge in [-0.1, -0.05) is 13.3 Å². The number of sulfonamides is 1. The Morgan fingerprint density at radius 2 is 1.80 bits per heavy atom. The number of H-pyrrole nitrogens is 2. The Hall–Kier alpha value is -2.13. The quantitative estimate of drug-likeness (QED) is 0.819. The zero-order valence-electron chi connectivity index (χ0n) is 14.1. The molecule has 3 rings (SSSR count). The fourth-order valence-corrected chi connectivity index (χ4v) is 4.43. The van der Waals surface area contributed by atoms with Crippen LogP contribution >= 0.6 is 0 Å². The molecule has 9 heteroatoms. The number of carbonyl (C=O) groups is 1. The van der Waals surface area contributed by atoms with Gasteiger partial charge in [-0.15, -0.1) is 0 Å². The van der Waals surface area contributed by atoms with Gasteiger partial charge in [-0.2, -0.15) is 4.31 Å². The lowest BCUT2D eigenvalue weighted by Gasteiger charge is -2.34. The molecule has 0 aliphatic carbocycles. The molecule has 1 aliphatic heterocycles. The number of hydrogen-bond acceptors (Lipinski definition) is 4. The highest BCUT2D eigenvalue weighted by Crippen LogP contribution is 2.21. The summed E-state index contributed by atoms with van der Waals surface area (Å²) in [6.07, 6.45) is 2.33. The smallest absolute Gasteiger partial charge is 0.323 e. The molecule has 1 saturated heterocycles. The number of amides is 1. The van der Waals surface area contributed by atoms with Crippen molar-refractivity contribution in [2.75, 3.05) is 26.2 Å². The molecule has 2 N–H and O–H groups in total. The van der Waals surface area contributed by atoms with Crippen LogP contribution in [-0.4, -0.2) is 59.7 Å². The van der Waals surface area contributed by atoms with Crippen molar-refractivity contribution < 1.29 is 13.2 Å². The number of nitrogens with zero attached hydrogens (tertiary/aromatic N) is 2. The lowest BCUT2D eigenvalue weighted by atomic mass is 10.2. The Morgan fingerprint density at radius 1 is 1.12 bits per heavy atom. The van der Waals surface area contributed by atoms with Crippen LogP contribution < -0.4 is 5.69 Å². The van der Waals surface area contributed by atoms with Crippen molar-refractivity contribution in [3.05, 3.63) is 28.7 Å². The molecular weight excluding hydrogens is 344 g/mol. The van der Waals surface area contributed by atoms with E-state index in [-0.39, 0.29) is 29.6 Å². The maximum absolute atomic E-state index is 12.8. The van der Waals surface area contributed by atoms with Gasteiger partial charge in [0.2, 0.25) is 15.9 Å². The van der Waals surface area contributed by atoms with Gasteiger partial charge in [0.1, 0.15) is 0 Å². The van der Waals surface area contributed by atoms with Gasteiger partial charge in [0, 0.05) is 32.6 Å². The Bertz CT molecular complexity index is 923. The molecule has 0 saturated carbocycles. The summed E-state index contributed by atoms with van der Waals surface area (Å²) < 4.78 is 27.0. The van der Waals surface area contributed by atoms with Crippen LogP contribution in [0.5, 0.6) is 0 Å². The standard InChI is InChI=1S/C16H22N4O4S/c1-2-3-4-15(21)19-7-9-20(10-8-19)25(23,24)12-5-6-13-14(11-12)18-16(22)17-13/h5-6,11H,2-4,7-10H2,1H3,(H2,17,18,22). The molecule has 0 spiro atoms. The summed E-state index contributed by atoms with van der Waals surface area (Å²) >= 11 is 0. The number of fused-ring (bicyclic) bond motifs is 1. The fourth-order valence-electron chi connectivity index (χ4n) is 2.99. The minimum Gasteiger partial charge on any atom is -0.340 e. The average Bonchev–Trinajstić information content (AvgIpc) is 2.98. The number of imidazole rings is 1. The van der Waals surface area contributed by atoms with Crippen molar-refractivity contribution in [2.45, 2.75) is 31.1 Å². The van der Waals surface area contributed by atoms with Crippen LogP contribution in [0.15, 0.2) is 27.9 Å². The maximum atomic E-state index is 12.8. The molecule has 0 bridgehead atoms. The minimum absolute atomic E-state index is 0.0882. The number of carbonyl (C=O) groups excluding carboxylic acids is 1. The first-order valence-electron chi connectivity index (χ1n) is 8.42. The first-order valence-corrected chi connectivity index (χ1v) is 9.86. The predicted molar refractivity (Wildman–Crippen MR) is 93.8 cm³/mol. The third-order valence-electron chi connectivity index (χ3n) is 4.46. The molecule has 1 amide bonds. The zero-order valence-corrected chi connectivity index (χ0v) is 14.9. The highest BCUT2D eigenvalue weighted by Gasteiger charge is 2.30. The lowest BCUT2D eigenvalue weighted by molar-refractivity contribution is -0.132. The van der Waals surface area contributed by atoms with Gasteiger partial charge in [0.05, 0.1) is 15.9 Å². The summed E-state index contributed by atoms with van der Waals surface area (Å²) in [5.41, 5.74) is 0.651. The van der Waals surface area contributed by atoms with Gasteiger partial charge in [0.25, 0.3) is 0 Å². The van der Waals surface area contributed by atoms with Crippen LogP contribution in [0.2, 0.25) is 0 Å². The molecule has 1 aromatic carbocycles. The number of rotatable bonds is 5. The van der Waals surface area contributed by atoms with E-state index < -0.39 is 10.0 Å². The van der Waals surface area contributed by atoms with Gasteiger partial charge >= 0.3 is 5.69 Å². The number of hydrogen-bond donors (Lipinski definition) is 2. The molecule has 2 aromatic rings. The summed E-state index contributed by atoms with van der Waals surface area (Å²) in [6, 6.07) is 4.52. The van der Waals surface area contributed by atoms with Crippen LogP contribution in [0, 0.1) is 0 Å². The Balaban J connectivity index is 1.72. The van der Waals surface area contributed by atoms with Crippen LogP contribution in [0.1, 0.15) is 26.2 Å². The Kier molecular flexibility index (Phi) is 4.96. The molecule has 1 fully saturated rings. The summed E-state index contributed by atoms with van der Waals surface area (Å²) in [7, 11) is -3.65. The SMILES string of the molecule is CCCCC(=O)N1CCN(S(=O)(=O)c2ccc3[nH]c(=O)[nH]c3c2)CC1. The van der Waals surface area contributed by atoms with E-state index in [4.69, 9.17) is 0 Å². The zero-order chi connectivity index (χ0) is 18.0. The number of benzene rings is 1. The molecule has 0 radical (unpaired) electrons. The molecule has 136 valence electrons. The second-order valence-corrected chi connectivity index (χ2v) is 8.11. The van der Waals surface area contributed by atoms with Crippen molar-refractivity contribution >= 4 is 27.0 Å². The number of aromatic nitrogens is 2. The molecule has 0 unspecified atom stereocenters. The van der Waals surface area contributed by atoms with Crippen LogP contribution in [0.25, 0.3) is 11.0 Å². The van der Waals surface area contributed by atoms with Crippen molar-refractivity contribution in [3.63, 3.8) is 0 Å². The van der Waals surface area contributed by atoms with E-state index in [1.165, 1.54) is 16.4 Å². The molecular formula is C16H22N4O4S. The van der Waals surface area contributed by atoms with Crippen molar-refractivity contribution in [3.8, 4) is 0 Å². The normalized spacial score (nSPS) is 16.4. The maximum Gasteiger partial charge on any atom is 0.323 e. The van der Waals surface area contributed by atoms with E-state index in [9.17, 15) is 18.0 Å². The van der Waals surface area contributed by atoms with Gasteiger partial charge in [-0.3, -0.25) is 4.79 Å². The van der Waals surface area contributed by atoms with E-state index in [2.05, 4.69) is 9.97 Å². The monoisotopic (exact) mass is 366 g/mol. The van der Waals surface area contributed by atoms with Crippen LogP contribution in [0.4, 0.5) is 0 Å². The molecule has 1 aromatic heterocycles. The molecule has 2 heterocycles. The summed E-state index contributed by atoms with van der Waals surface area (Å²) in [5, 5.41) is 0. The van der Waals surface area contributed by atoms with Gasteiger partial charge < -0.3 is 14.9 Å². The number of piperazine rings is 1.